The SMILES string of the molecule is C[C@H](OC(=O)c1ccc([N+](=O)[O-])s1)C(=O)Nc1ccccc1F. The summed E-state index contributed by atoms with van der Waals surface area (Å²) in [5.41, 5.74) is -0.0350. The second kappa shape index (κ2) is 6.97. The molecule has 1 heterocycles. The molecule has 7 nitrogen and oxygen atoms in total. The van der Waals surface area contributed by atoms with E-state index in [0.29, 0.717) is 11.3 Å². The molecule has 0 saturated heterocycles. The van der Waals surface area contributed by atoms with E-state index in [9.17, 15) is 24.1 Å². The van der Waals surface area contributed by atoms with Crippen molar-refractivity contribution in [3.05, 3.63) is 57.2 Å². The Balaban J connectivity index is 1.98. The Morgan fingerprint density at radius 1 is 1.30 bits per heavy atom. The monoisotopic (exact) mass is 338 g/mol. The van der Waals surface area contributed by atoms with E-state index in [4.69, 9.17) is 4.74 Å². The van der Waals surface area contributed by atoms with Crippen molar-refractivity contribution in [1.82, 2.24) is 0 Å². The quantitative estimate of drug-likeness (QED) is 0.513. The Bertz CT molecular complexity index is 761. The maximum absolute atomic E-state index is 13.4. The number of carbonyl (C=O) groups is 2. The smallest absolute Gasteiger partial charge is 0.349 e. The highest BCUT2D eigenvalue weighted by Crippen LogP contribution is 2.24. The molecule has 1 N–H and O–H groups in total. The van der Waals surface area contributed by atoms with Gasteiger partial charge in [0.25, 0.3) is 5.91 Å². The van der Waals surface area contributed by atoms with Gasteiger partial charge in [0.2, 0.25) is 0 Å². The molecule has 0 unspecified atom stereocenters. The van der Waals surface area contributed by atoms with E-state index in [1.165, 1.54) is 37.3 Å². The van der Waals surface area contributed by atoms with E-state index in [1.54, 1.807) is 6.07 Å². The molecule has 0 spiro atoms. The summed E-state index contributed by atoms with van der Waals surface area (Å²) in [6.07, 6.45) is -1.19. The molecular weight excluding hydrogens is 327 g/mol. The second-order valence-electron chi connectivity index (χ2n) is 4.41. The Morgan fingerprint density at radius 2 is 2.00 bits per heavy atom. The van der Waals surface area contributed by atoms with Crippen LogP contribution in [0.3, 0.4) is 0 Å². The van der Waals surface area contributed by atoms with Crippen molar-refractivity contribution in [2.24, 2.45) is 0 Å². The number of nitro groups is 1. The van der Waals surface area contributed by atoms with Crippen LogP contribution in [-0.4, -0.2) is 22.9 Å². The Morgan fingerprint density at radius 3 is 2.61 bits per heavy atom. The number of halogens is 1. The predicted octanol–water partition coefficient (Wildman–Crippen LogP) is 2.98. The summed E-state index contributed by atoms with van der Waals surface area (Å²) in [6, 6.07) is 7.97. The van der Waals surface area contributed by atoms with Crippen molar-refractivity contribution in [3.8, 4) is 0 Å². The summed E-state index contributed by atoms with van der Waals surface area (Å²) >= 11 is 0.644. The van der Waals surface area contributed by atoms with Crippen LogP contribution in [0.5, 0.6) is 0 Å². The zero-order chi connectivity index (χ0) is 17.0. The molecule has 0 saturated carbocycles. The molecule has 0 radical (unpaired) electrons. The average Bonchev–Trinajstić information content (AvgIpc) is 2.99. The number of rotatable bonds is 5. The highest BCUT2D eigenvalue weighted by atomic mass is 32.1. The number of carbonyl (C=O) groups excluding carboxylic acids is 2. The van der Waals surface area contributed by atoms with E-state index >= 15 is 0 Å². The molecular formula is C14H11FN2O5S. The maximum Gasteiger partial charge on any atom is 0.349 e. The van der Waals surface area contributed by atoms with Crippen molar-refractivity contribution >= 4 is 33.9 Å². The number of nitrogens with one attached hydrogen (secondary N) is 1. The van der Waals surface area contributed by atoms with Crippen LogP contribution in [0, 0.1) is 15.9 Å². The lowest BCUT2D eigenvalue weighted by atomic mass is 10.3. The third kappa shape index (κ3) is 4.10. The normalized spacial score (nSPS) is 11.6. The van der Waals surface area contributed by atoms with Gasteiger partial charge in [-0.1, -0.05) is 23.5 Å². The molecule has 2 aromatic rings. The summed E-state index contributed by atoms with van der Waals surface area (Å²) in [5.74, 6) is -2.19. The lowest BCUT2D eigenvalue weighted by molar-refractivity contribution is -0.380. The van der Waals surface area contributed by atoms with Gasteiger partial charge in [-0.25, -0.2) is 9.18 Å². The third-order valence-electron chi connectivity index (χ3n) is 2.76. The fraction of sp³-hybridized carbons (Fsp3) is 0.143. The van der Waals surface area contributed by atoms with Crippen LogP contribution in [0.15, 0.2) is 36.4 Å². The molecule has 0 bridgehead atoms. The van der Waals surface area contributed by atoms with E-state index in [1.807, 2.05) is 0 Å². The number of benzene rings is 1. The van der Waals surface area contributed by atoms with Gasteiger partial charge in [-0.05, 0) is 25.1 Å². The number of ether oxygens (including phenoxy) is 1. The van der Waals surface area contributed by atoms with Gasteiger partial charge in [0.05, 0.1) is 10.6 Å². The topological polar surface area (TPSA) is 98.5 Å². The largest absolute Gasteiger partial charge is 0.448 e. The molecule has 1 aromatic carbocycles. The minimum absolute atomic E-state index is 0.00208. The van der Waals surface area contributed by atoms with Gasteiger partial charge in [0.15, 0.2) is 6.10 Å². The van der Waals surface area contributed by atoms with Crippen LogP contribution < -0.4 is 5.32 Å². The summed E-state index contributed by atoms with van der Waals surface area (Å²) < 4.78 is 18.4. The molecule has 1 amide bonds. The predicted molar refractivity (Wildman–Crippen MR) is 80.9 cm³/mol. The Kier molecular flexibility index (Phi) is 5.02. The summed E-state index contributed by atoms with van der Waals surface area (Å²) in [6.45, 7) is 1.32. The van der Waals surface area contributed by atoms with Crippen LogP contribution in [0.2, 0.25) is 0 Å². The number of amides is 1. The van der Waals surface area contributed by atoms with Gasteiger partial charge in [0.1, 0.15) is 10.7 Å². The van der Waals surface area contributed by atoms with E-state index in [-0.39, 0.29) is 15.6 Å². The molecule has 1 aromatic heterocycles. The minimum atomic E-state index is -1.19. The van der Waals surface area contributed by atoms with Crippen LogP contribution in [0.4, 0.5) is 15.1 Å². The highest BCUT2D eigenvalue weighted by Gasteiger charge is 2.22. The molecule has 9 heteroatoms. The summed E-state index contributed by atoms with van der Waals surface area (Å²) in [5, 5.41) is 12.7. The molecule has 1 atom stereocenters. The first-order valence-electron chi connectivity index (χ1n) is 6.39. The first-order chi connectivity index (χ1) is 10.9. The summed E-state index contributed by atoms with van der Waals surface area (Å²) in [7, 11) is 0. The number of hydrogen-bond donors (Lipinski definition) is 1. The van der Waals surface area contributed by atoms with Crippen molar-refractivity contribution in [2.75, 3.05) is 5.32 Å². The van der Waals surface area contributed by atoms with Gasteiger partial charge in [0, 0.05) is 6.07 Å². The number of nitrogens with zero attached hydrogens (tertiary/aromatic N) is 1. The lowest BCUT2D eigenvalue weighted by Crippen LogP contribution is -2.30. The molecule has 2 rings (SSSR count). The van der Waals surface area contributed by atoms with Crippen LogP contribution in [-0.2, 0) is 9.53 Å². The number of hydrogen-bond acceptors (Lipinski definition) is 6. The zero-order valence-electron chi connectivity index (χ0n) is 11.8. The molecule has 0 fully saturated rings. The van der Waals surface area contributed by atoms with E-state index in [0.717, 1.165) is 0 Å². The van der Waals surface area contributed by atoms with Gasteiger partial charge >= 0.3 is 11.0 Å². The van der Waals surface area contributed by atoms with Crippen molar-refractivity contribution in [2.45, 2.75) is 13.0 Å². The van der Waals surface area contributed by atoms with E-state index in [2.05, 4.69) is 5.32 Å². The fourth-order valence-electron chi connectivity index (χ4n) is 1.60. The average molecular weight is 338 g/mol. The molecule has 0 aliphatic carbocycles. The molecule has 120 valence electrons. The highest BCUT2D eigenvalue weighted by molar-refractivity contribution is 7.17. The molecule has 0 aliphatic heterocycles. The summed E-state index contributed by atoms with van der Waals surface area (Å²) in [4.78, 5) is 33.7. The number of thiophene rings is 1. The van der Waals surface area contributed by atoms with Crippen molar-refractivity contribution in [1.29, 1.82) is 0 Å². The number of anilines is 1. The van der Waals surface area contributed by atoms with E-state index < -0.39 is 28.7 Å². The van der Waals surface area contributed by atoms with Crippen LogP contribution in [0.25, 0.3) is 0 Å². The first kappa shape index (κ1) is 16.6. The lowest BCUT2D eigenvalue weighted by Gasteiger charge is -2.13. The van der Waals surface area contributed by atoms with Gasteiger partial charge in [-0.2, -0.15) is 0 Å². The maximum atomic E-state index is 13.4. The molecule has 23 heavy (non-hydrogen) atoms. The second-order valence-corrected chi connectivity index (χ2v) is 5.47. The van der Waals surface area contributed by atoms with Crippen molar-refractivity contribution < 1.29 is 23.6 Å². The number of para-hydroxylation sites is 1. The minimum Gasteiger partial charge on any atom is -0.448 e. The van der Waals surface area contributed by atoms with Crippen molar-refractivity contribution in [3.63, 3.8) is 0 Å². The van der Waals surface area contributed by atoms with Crippen LogP contribution in [0.1, 0.15) is 16.6 Å². The zero-order valence-corrected chi connectivity index (χ0v) is 12.6. The van der Waals surface area contributed by atoms with Crippen LogP contribution >= 0.6 is 11.3 Å². The Labute approximate surface area is 133 Å². The van der Waals surface area contributed by atoms with Gasteiger partial charge < -0.3 is 10.1 Å². The number of esters is 1. The Hall–Kier alpha value is -2.81. The van der Waals surface area contributed by atoms with Gasteiger partial charge in [-0.15, -0.1) is 0 Å². The van der Waals surface area contributed by atoms with Gasteiger partial charge in [-0.3, -0.25) is 14.9 Å². The molecule has 0 aliphatic rings. The standard InChI is InChI=1S/C14H11FN2O5S/c1-8(13(18)16-10-5-3-2-4-9(10)15)22-14(19)11-6-7-12(23-11)17(20)21/h2-8H,1H3,(H,16,18)/t8-/m0/s1. The first-order valence-corrected chi connectivity index (χ1v) is 7.20. The third-order valence-corrected chi connectivity index (χ3v) is 3.77. The fourth-order valence-corrected chi connectivity index (χ4v) is 2.31.